The Hall–Kier alpha value is -2.54. The second kappa shape index (κ2) is 6.02. The molecular weight excluding hydrogens is 346 g/mol. The van der Waals surface area contributed by atoms with Gasteiger partial charge < -0.3 is 10.6 Å². The summed E-state index contributed by atoms with van der Waals surface area (Å²) in [5, 5.41) is 1.13. The molecule has 0 saturated carbocycles. The predicted molar refractivity (Wildman–Crippen MR) is 102 cm³/mol. The van der Waals surface area contributed by atoms with Gasteiger partial charge in [-0.2, -0.15) is 0 Å². The van der Waals surface area contributed by atoms with E-state index in [0.717, 1.165) is 53.8 Å². The number of hydrogen-bond donors (Lipinski definition) is 1. The molecule has 1 saturated heterocycles. The number of aromatic nitrogens is 3. The lowest BCUT2D eigenvalue weighted by atomic mass is 10.1. The highest BCUT2D eigenvalue weighted by Crippen LogP contribution is 2.42. The average molecular weight is 365 g/mol. The SMILES string of the molecule is NC(=O)[C@@H]1CCCN1c1nc(-c2cccnc2)nc2sc3c(c12)CCC3. The molecular formula is C19H19N5OS. The summed E-state index contributed by atoms with van der Waals surface area (Å²) in [6.07, 6.45) is 8.61. The number of pyridine rings is 1. The fourth-order valence-corrected chi connectivity index (χ4v) is 5.38. The minimum absolute atomic E-state index is 0.274. The molecule has 1 aliphatic carbocycles. The van der Waals surface area contributed by atoms with Gasteiger partial charge in [-0.1, -0.05) is 0 Å². The topological polar surface area (TPSA) is 85.0 Å². The van der Waals surface area contributed by atoms with Gasteiger partial charge in [0, 0.05) is 29.4 Å². The predicted octanol–water partition coefficient (Wildman–Crippen LogP) is 2.70. The number of nitrogens with zero attached hydrogens (tertiary/aromatic N) is 4. The van der Waals surface area contributed by atoms with Gasteiger partial charge in [0.15, 0.2) is 5.82 Å². The van der Waals surface area contributed by atoms with E-state index in [-0.39, 0.29) is 11.9 Å². The Labute approximate surface area is 155 Å². The van der Waals surface area contributed by atoms with Gasteiger partial charge in [0.05, 0.1) is 5.39 Å². The lowest BCUT2D eigenvalue weighted by Crippen LogP contribution is -2.41. The molecule has 1 amide bonds. The third-order valence-electron chi connectivity index (χ3n) is 5.32. The monoisotopic (exact) mass is 365 g/mol. The fraction of sp³-hybridized carbons (Fsp3) is 0.368. The number of anilines is 1. The third kappa shape index (κ3) is 2.38. The maximum atomic E-state index is 12.0. The molecule has 0 unspecified atom stereocenters. The Morgan fingerprint density at radius 1 is 1.27 bits per heavy atom. The Morgan fingerprint density at radius 2 is 2.19 bits per heavy atom. The van der Waals surface area contributed by atoms with Crippen molar-refractivity contribution < 1.29 is 4.79 Å². The Balaban J connectivity index is 1.75. The van der Waals surface area contributed by atoms with Crippen molar-refractivity contribution in [1.82, 2.24) is 15.0 Å². The van der Waals surface area contributed by atoms with Crippen molar-refractivity contribution in [2.24, 2.45) is 5.73 Å². The standard InChI is InChI=1S/C19H19N5OS/c20-16(25)13-6-3-9-24(13)18-15-12-5-1-7-14(12)26-19(15)23-17(22-18)11-4-2-8-21-10-11/h2,4,8,10,13H,1,3,5-7,9H2,(H2,20,25)/t13-/m0/s1. The minimum atomic E-state index is -0.285. The van der Waals surface area contributed by atoms with E-state index in [1.54, 1.807) is 23.7 Å². The van der Waals surface area contributed by atoms with Crippen molar-refractivity contribution in [2.45, 2.75) is 38.1 Å². The van der Waals surface area contributed by atoms with Crippen LogP contribution >= 0.6 is 11.3 Å². The first-order valence-corrected chi connectivity index (χ1v) is 9.82. The summed E-state index contributed by atoms with van der Waals surface area (Å²) in [4.78, 5) is 30.4. The van der Waals surface area contributed by atoms with E-state index in [9.17, 15) is 4.79 Å². The van der Waals surface area contributed by atoms with E-state index in [2.05, 4.69) is 9.88 Å². The summed E-state index contributed by atoms with van der Waals surface area (Å²) in [5.74, 6) is 1.26. The van der Waals surface area contributed by atoms with Crippen LogP contribution in [0.5, 0.6) is 0 Å². The van der Waals surface area contributed by atoms with Gasteiger partial charge in [0.25, 0.3) is 0 Å². The first-order valence-electron chi connectivity index (χ1n) is 9.01. The van der Waals surface area contributed by atoms with E-state index in [1.807, 2.05) is 12.1 Å². The van der Waals surface area contributed by atoms with E-state index in [1.165, 1.54) is 16.9 Å². The minimum Gasteiger partial charge on any atom is -0.368 e. The van der Waals surface area contributed by atoms with Crippen molar-refractivity contribution in [3.8, 4) is 11.4 Å². The summed E-state index contributed by atoms with van der Waals surface area (Å²) in [5.41, 5.74) is 7.93. The fourth-order valence-electron chi connectivity index (χ4n) is 4.12. The van der Waals surface area contributed by atoms with E-state index in [4.69, 9.17) is 15.7 Å². The van der Waals surface area contributed by atoms with Crippen LogP contribution in [0.1, 0.15) is 29.7 Å². The van der Waals surface area contributed by atoms with Crippen LogP contribution in [0, 0.1) is 0 Å². The van der Waals surface area contributed by atoms with E-state index < -0.39 is 0 Å². The summed E-state index contributed by atoms with van der Waals surface area (Å²) in [6, 6.07) is 3.57. The highest BCUT2D eigenvalue weighted by atomic mass is 32.1. The van der Waals surface area contributed by atoms with Crippen LogP contribution in [0.4, 0.5) is 5.82 Å². The number of primary amides is 1. The molecule has 6 nitrogen and oxygen atoms in total. The number of thiophene rings is 1. The molecule has 2 aliphatic rings. The van der Waals surface area contributed by atoms with Crippen LogP contribution in [0.15, 0.2) is 24.5 Å². The molecule has 0 radical (unpaired) electrons. The van der Waals surface area contributed by atoms with Crippen molar-refractivity contribution in [1.29, 1.82) is 0 Å². The second-order valence-corrected chi connectivity index (χ2v) is 7.99. The summed E-state index contributed by atoms with van der Waals surface area (Å²) < 4.78 is 0. The Morgan fingerprint density at radius 3 is 3.00 bits per heavy atom. The molecule has 0 aromatic carbocycles. The van der Waals surface area contributed by atoms with Crippen LogP contribution in [-0.2, 0) is 17.6 Å². The Kier molecular flexibility index (Phi) is 3.63. The zero-order chi connectivity index (χ0) is 17.7. The molecule has 4 heterocycles. The van der Waals surface area contributed by atoms with Gasteiger partial charge in [0.1, 0.15) is 16.7 Å². The van der Waals surface area contributed by atoms with Crippen LogP contribution in [0.25, 0.3) is 21.6 Å². The first-order chi connectivity index (χ1) is 12.7. The second-order valence-electron chi connectivity index (χ2n) is 6.90. The largest absolute Gasteiger partial charge is 0.368 e. The van der Waals surface area contributed by atoms with E-state index in [0.29, 0.717) is 5.82 Å². The zero-order valence-electron chi connectivity index (χ0n) is 14.3. The van der Waals surface area contributed by atoms with Crippen LogP contribution in [0.3, 0.4) is 0 Å². The first kappa shape index (κ1) is 15.7. The van der Waals surface area contributed by atoms with Gasteiger partial charge in [0.2, 0.25) is 5.91 Å². The zero-order valence-corrected chi connectivity index (χ0v) is 15.1. The summed E-state index contributed by atoms with van der Waals surface area (Å²) in [6.45, 7) is 0.802. The van der Waals surface area contributed by atoms with Gasteiger partial charge in [-0.25, -0.2) is 9.97 Å². The highest BCUT2D eigenvalue weighted by Gasteiger charge is 2.33. The third-order valence-corrected chi connectivity index (χ3v) is 6.50. The molecule has 1 aliphatic heterocycles. The van der Waals surface area contributed by atoms with Crippen molar-refractivity contribution in [3.63, 3.8) is 0 Å². The molecule has 3 aromatic heterocycles. The molecule has 0 spiro atoms. The molecule has 3 aromatic rings. The number of fused-ring (bicyclic) bond motifs is 3. The van der Waals surface area contributed by atoms with Gasteiger partial charge in [-0.15, -0.1) is 11.3 Å². The number of hydrogen-bond acceptors (Lipinski definition) is 6. The summed E-state index contributed by atoms with van der Waals surface area (Å²) in [7, 11) is 0. The average Bonchev–Trinajstić information content (AvgIpc) is 3.36. The maximum Gasteiger partial charge on any atom is 0.240 e. The molecule has 2 N–H and O–H groups in total. The lowest BCUT2D eigenvalue weighted by molar-refractivity contribution is -0.119. The van der Waals surface area contributed by atoms with E-state index >= 15 is 0 Å². The number of amides is 1. The highest BCUT2D eigenvalue weighted by molar-refractivity contribution is 7.19. The van der Waals surface area contributed by atoms with Gasteiger partial charge >= 0.3 is 0 Å². The molecule has 26 heavy (non-hydrogen) atoms. The van der Waals surface area contributed by atoms with Crippen molar-refractivity contribution in [3.05, 3.63) is 35.0 Å². The number of nitrogens with two attached hydrogens (primary N) is 1. The van der Waals surface area contributed by atoms with Crippen LogP contribution in [0.2, 0.25) is 0 Å². The molecule has 0 bridgehead atoms. The molecule has 1 atom stereocenters. The van der Waals surface area contributed by atoms with Gasteiger partial charge in [-0.3, -0.25) is 9.78 Å². The Bertz CT molecular complexity index is 1000. The number of carbonyl (C=O) groups is 1. The van der Waals surface area contributed by atoms with Gasteiger partial charge in [-0.05, 0) is 49.8 Å². The molecule has 7 heteroatoms. The molecule has 132 valence electrons. The lowest BCUT2D eigenvalue weighted by Gasteiger charge is -2.24. The smallest absolute Gasteiger partial charge is 0.240 e. The van der Waals surface area contributed by atoms with Crippen molar-refractivity contribution in [2.75, 3.05) is 11.4 Å². The quantitative estimate of drug-likeness (QED) is 0.771. The normalized spacial score (nSPS) is 19.2. The maximum absolute atomic E-state index is 12.0. The van der Waals surface area contributed by atoms with Crippen LogP contribution in [-0.4, -0.2) is 33.4 Å². The number of carbonyl (C=O) groups excluding carboxylic acids is 1. The van der Waals surface area contributed by atoms with Crippen LogP contribution < -0.4 is 10.6 Å². The number of rotatable bonds is 3. The molecule has 1 fully saturated rings. The molecule has 5 rings (SSSR count). The van der Waals surface area contributed by atoms with Crippen molar-refractivity contribution >= 4 is 33.3 Å². The summed E-state index contributed by atoms with van der Waals surface area (Å²) >= 11 is 1.76. The number of aryl methyl sites for hydroxylation is 2.